The zero-order valence-electron chi connectivity index (χ0n) is 25.1. The Morgan fingerprint density at radius 1 is 0.761 bits per heavy atom. The van der Waals surface area contributed by atoms with Gasteiger partial charge in [-0.1, -0.05) is 0 Å². The van der Waals surface area contributed by atoms with Gasteiger partial charge in [-0.05, 0) is 50.0 Å². The highest BCUT2D eigenvalue weighted by Gasteiger charge is 2.45. The Bertz CT molecular complexity index is 1350. The van der Waals surface area contributed by atoms with Crippen LogP contribution >= 0.6 is 0 Å². The third kappa shape index (κ3) is 11.1. The van der Waals surface area contributed by atoms with Crippen LogP contribution in [0.2, 0.25) is 0 Å². The van der Waals surface area contributed by atoms with Gasteiger partial charge in [0.1, 0.15) is 11.0 Å². The fraction of sp³-hybridized carbons (Fsp3) is 0.857. The SMILES string of the molecule is N#CC(=C1CCC2(CC1)OCCO2)S(=O)(=O)CCCC(F)(F)F.N#CC(C1CCC2(CC1)OCCO2)S(=O)(=O)CCCC(F)(F)F. The Morgan fingerprint density at radius 3 is 1.61 bits per heavy atom. The van der Waals surface area contributed by atoms with E-state index in [1.165, 1.54) is 0 Å². The molecule has 0 N–H and O–H groups in total. The Hall–Kier alpha value is -1.96. The quantitative estimate of drug-likeness (QED) is 0.225. The van der Waals surface area contributed by atoms with Gasteiger partial charge in [0.15, 0.2) is 36.5 Å². The normalized spacial score (nSPS) is 23.7. The lowest BCUT2D eigenvalue weighted by Crippen LogP contribution is -2.40. The minimum atomic E-state index is -4.40. The molecule has 0 bridgehead atoms. The lowest BCUT2D eigenvalue weighted by atomic mass is 9.83. The van der Waals surface area contributed by atoms with Gasteiger partial charge in [-0.25, -0.2) is 16.8 Å². The van der Waals surface area contributed by atoms with Crippen molar-refractivity contribution in [3.63, 3.8) is 0 Å². The maximum atomic E-state index is 12.2. The zero-order chi connectivity index (χ0) is 34.3. The van der Waals surface area contributed by atoms with Crippen LogP contribution in [0, 0.1) is 28.6 Å². The van der Waals surface area contributed by atoms with E-state index in [4.69, 9.17) is 24.2 Å². The summed E-state index contributed by atoms with van der Waals surface area (Å²) >= 11 is 0. The summed E-state index contributed by atoms with van der Waals surface area (Å²) in [6.07, 6.45) is -8.66. The molecule has 4 fully saturated rings. The van der Waals surface area contributed by atoms with Crippen LogP contribution < -0.4 is 0 Å². The van der Waals surface area contributed by atoms with Crippen LogP contribution in [0.4, 0.5) is 26.3 Å². The topological polar surface area (TPSA) is 153 Å². The highest BCUT2D eigenvalue weighted by atomic mass is 32.2. The fourth-order valence-corrected chi connectivity index (χ4v) is 9.46. The summed E-state index contributed by atoms with van der Waals surface area (Å²) in [6.45, 7) is 1.98. The van der Waals surface area contributed by atoms with Crippen molar-refractivity contribution in [2.75, 3.05) is 37.9 Å². The van der Waals surface area contributed by atoms with Crippen LogP contribution in [-0.4, -0.2) is 83.9 Å². The van der Waals surface area contributed by atoms with Gasteiger partial charge in [-0.2, -0.15) is 36.9 Å². The van der Waals surface area contributed by atoms with Gasteiger partial charge in [0.25, 0.3) is 0 Å². The van der Waals surface area contributed by atoms with Gasteiger partial charge < -0.3 is 18.9 Å². The number of nitriles is 2. The van der Waals surface area contributed by atoms with Crippen molar-refractivity contribution >= 4 is 19.7 Å². The highest BCUT2D eigenvalue weighted by molar-refractivity contribution is 7.95. The second kappa shape index (κ2) is 15.5. The van der Waals surface area contributed by atoms with Crippen LogP contribution in [0.1, 0.15) is 77.0 Å². The van der Waals surface area contributed by atoms with Crippen LogP contribution in [0.15, 0.2) is 10.5 Å². The van der Waals surface area contributed by atoms with Gasteiger partial charge in [0.2, 0.25) is 0 Å². The highest BCUT2D eigenvalue weighted by Crippen LogP contribution is 2.41. The van der Waals surface area contributed by atoms with Crippen molar-refractivity contribution in [2.24, 2.45) is 5.92 Å². The number of hydrogen-bond donors (Lipinski definition) is 0. The molecule has 262 valence electrons. The average molecular weight is 709 g/mol. The molecule has 46 heavy (non-hydrogen) atoms. The van der Waals surface area contributed by atoms with Gasteiger partial charge in [-0.15, -0.1) is 0 Å². The molecule has 0 aromatic heterocycles. The summed E-state index contributed by atoms with van der Waals surface area (Å²) in [5.41, 5.74) is 0.462. The first-order valence-electron chi connectivity index (χ1n) is 15.0. The van der Waals surface area contributed by atoms with Gasteiger partial charge in [0, 0.05) is 38.5 Å². The molecule has 10 nitrogen and oxygen atoms in total. The standard InChI is InChI=1S/C14H20F3NO4S.C14H18F3NO4S/c2*15-14(16,17)4-1-9-23(19,20)12(10-18)11-2-5-13(6-3-11)21-7-8-22-13/h11-12H,1-9H2;1-9H2. The number of ether oxygens (including phenoxy) is 4. The smallest absolute Gasteiger partial charge is 0.348 e. The number of halogens is 6. The molecule has 0 amide bonds. The molecule has 2 saturated heterocycles. The van der Waals surface area contributed by atoms with E-state index >= 15 is 0 Å². The lowest BCUT2D eigenvalue weighted by molar-refractivity contribution is -0.182. The molecule has 18 heteroatoms. The van der Waals surface area contributed by atoms with Gasteiger partial charge >= 0.3 is 12.4 Å². The molecule has 2 aliphatic carbocycles. The maximum Gasteiger partial charge on any atom is 0.389 e. The average Bonchev–Trinajstić information content (AvgIpc) is 3.60. The van der Waals surface area contributed by atoms with Crippen LogP contribution in [0.3, 0.4) is 0 Å². The van der Waals surface area contributed by atoms with Gasteiger partial charge in [-0.3, -0.25) is 0 Å². The molecular formula is C28H38F6N2O8S2. The first-order chi connectivity index (χ1) is 21.4. The van der Waals surface area contributed by atoms with Gasteiger partial charge in [0.05, 0.1) is 44.0 Å². The summed E-state index contributed by atoms with van der Waals surface area (Å²) < 4.78 is 144. The molecule has 1 atom stereocenters. The summed E-state index contributed by atoms with van der Waals surface area (Å²) in [6, 6.07) is 3.46. The van der Waals surface area contributed by atoms with E-state index in [1.807, 2.05) is 0 Å². The Balaban J connectivity index is 0.000000250. The molecule has 4 rings (SSSR count). The van der Waals surface area contributed by atoms with E-state index in [-0.39, 0.29) is 10.8 Å². The summed E-state index contributed by atoms with van der Waals surface area (Å²) in [7, 11) is -7.87. The van der Waals surface area contributed by atoms with Crippen molar-refractivity contribution in [3.05, 3.63) is 10.5 Å². The number of rotatable bonds is 9. The van der Waals surface area contributed by atoms with E-state index in [2.05, 4.69) is 0 Å². The fourth-order valence-electron chi connectivity index (χ4n) is 6.13. The Labute approximate surface area is 264 Å². The molecule has 1 unspecified atom stereocenters. The second-order valence-corrected chi connectivity index (χ2v) is 16.1. The van der Waals surface area contributed by atoms with Crippen molar-refractivity contribution in [1.82, 2.24) is 0 Å². The van der Waals surface area contributed by atoms with Crippen LogP contribution in [0.5, 0.6) is 0 Å². The number of allylic oxidation sites excluding steroid dienone is 2. The first-order valence-corrected chi connectivity index (χ1v) is 18.4. The van der Waals surface area contributed by atoms with E-state index < -0.39 is 86.0 Å². The number of hydrogen-bond acceptors (Lipinski definition) is 10. The number of alkyl halides is 6. The monoisotopic (exact) mass is 708 g/mol. The van der Waals surface area contributed by atoms with E-state index in [9.17, 15) is 48.4 Å². The van der Waals surface area contributed by atoms with Crippen molar-refractivity contribution in [3.8, 4) is 12.1 Å². The molecule has 0 aromatic carbocycles. The van der Waals surface area contributed by atoms with Crippen LogP contribution in [-0.2, 0) is 38.6 Å². The zero-order valence-corrected chi connectivity index (χ0v) is 26.8. The predicted octanol–water partition coefficient (Wildman–Crippen LogP) is 5.41. The second-order valence-electron chi connectivity index (χ2n) is 11.8. The maximum absolute atomic E-state index is 12.2. The van der Waals surface area contributed by atoms with E-state index in [0.29, 0.717) is 83.4 Å². The Kier molecular flexibility index (Phi) is 13.0. The molecule has 4 aliphatic rings. The van der Waals surface area contributed by atoms with Crippen molar-refractivity contribution < 1.29 is 62.1 Å². The molecule has 2 saturated carbocycles. The summed E-state index contributed by atoms with van der Waals surface area (Å²) in [5, 5.41) is 17.1. The minimum absolute atomic E-state index is 0.335. The molecule has 2 aliphatic heterocycles. The van der Waals surface area contributed by atoms with Crippen LogP contribution in [0.25, 0.3) is 0 Å². The minimum Gasteiger partial charge on any atom is -0.348 e. The summed E-state index contributed by atoms with van der Waals surface area (Å²) in [5.74, 6) is -3.01. The number of nitrogens with zero attached hydrogens (tertiary/aromatic N) is 2. The third-order valence-electron chi connectivity index (χ3n) is 8.47. The predicted molar refractivity (Wildman–Crippen MR) is 150 cm³/mol. The largest absolute Gasteiger partial charge is 0.389 e. The molecule has 2 heterocycles. The molecular weight excluding hydrogens is 670 g/mol. The van der Waals surface area contributed by atoms with E-state index in [1.54, 1.807) is 12.1 Å². The molecule has 0 radical (unpaired) electrons. The Morgan fingerprint density at radius 2 is 1.20 bits per heavy atom. The van der Waals surface area contributed by atoms with Crippen molar-refractivity contribution in [1.29, 1.82) is 10.5 Å². The molecule has 0 aromatic rings. The van der Waals surface area contributed by atoms with Crippen molar-refractivity contribution in [2.45, 2.75) is 106 Å². The number of sulfone groups is 2. The molecule has 2 spiro atoms. The van der Waals surface area contributed by atoms with E-state index in [0.717, 1.165) is 0 Å². The summed E-state index contributed by atoms with van der Waals surface area (Å²) in [4.78, 5) is -0.382. The third-order valence-corrected chi connectivity index (χ3v) is 12.4. The first kappa shape index (κ1) is 38.5. The lowest BCUT2D eigenvalue weighted by Gasteiger charge is -2.36.